The van der Waals surface area contributed by atoms with Crippen LogP contribution in [0.25, 0.3) is 10.6 Å². The van der Waals surface area contributed by atoms with Gasteiger partial charge < -0.3 is 10.1 Å². The number of hydrogen-bond acceptors (Lipinski definition) is 4. The molecule has 1 aromatic carbocycles. The molecule has 1 aromatic heterocycles. The number of hydrogen-bond donors (Lipinski definition) is 1. The van der Waals surface area contributed by atoms with Crippen LogP contribution in [0, 0.1) is 6.92 Å². The van der Waals surface area contributed by atoms with Crippen LogP contribution in [0.15, 0.2) is 18.2 Å². The molecule has 0 unspecified atom stereocenters. The Balaban J connectivity index is 1.87. The molecule has 0 spiro atoms. The van der Waals surface area contributed by atoms with Crippen LogP contribution in [0.1, 0.15) is 23.4 Å². The largest absolute Gasteiger partial charge is 0.496 e. The molecule has 5 heteroatoms. The number of thiazole rings is 1. The fourth-order valence-electron chi connectivity index (χ4n) is 2.07. The molecule has 1 fully saturated rings. The molecular formula is C15H17ClN2OS. The van der Waals surface area contributed by atoms with Crippen molar-refractivity contribution < 1.29 is 4.74 Å². The Morgan fingerprint density at radius 1 is 1.45 bits per heavy atom. The number of nitrogens with one attached hydrogen (secondary N) is 1. The molecule has 0 atom stereocenters. The van der Waals surface area contributed by atoms with E-state index in [0.29, 0.717) is 11.1 Å². The summed E-state index contributed by atoms with van der Waals surface area (Å²) in [6.07, 6.45) is 2.60. The van der Waals surface area contributed by atoms with Gasteiger partial charge in [-0.3, -0.25) is 0 Å². The highest BCUT2D eigenvalue weighted by Crippen LogP contribution is 2.36. The van der Waals surface area contributed by atoms with Crippen LogP contribution in [0.4, 0.5) is 0 Å². The molecule has 20 heavy (non-hydrogen) atoms. The molecule has 1 aliphatic rings. The van der Waals surface area contributed by atoms with Crippen molar-refractivity contribution in [3.8, 4) is 16.3 Å². The summed E-state index contributed by atoms with van der Waals surface area (Å²) in [6, 6.07) is 6.39. The van der Waals surface area contributed by atoms with Gasteiger partial charge in [-0.25, -0.2) is 4.98 Å². The van der Waals surface area contributed by atoms with Gasteiger partial charge in [-0.05, 0) is 38.0 Å². The average molecular weight is 309 g/mol. The molecular weight excluding hydrogens is 292 g/mol. The molecule has 1 aliphatic carbocycles. The third-order valence-electron chi connectivity index (χ3n) is 3.42. The predicted octanol–water partition coefficient (Wildman–Crippen LogP) is 4.03. The van der Waals surface area contributed by atoms with Crippen molar-refractivity contribution in [3.63, 3.8) is 0 Å². The Morgan fingerprint density at radius 3 is 2.95 bits per heavy atom. The van der Waals surface area contributed by atoms with E-state index in [1.165, 1.54) is 17.7 Å². The molecule has 3 nitrogen and oxygen atoms in total. The van der Waals surface area contributed by atoms with E-state index in [2.05, 4.69) is 17.2 Å². The molecule has 0 aliphatic heterocycles. The maximum absolute atomic E-state index is 6.00. The molecule has 1 saturated carbocycles. The Kier molecular flexibility index (Phi) is 3.96. The summed E-state index contributed by atoms with van der Waals surface area (Å²) in [4.78, 5) is 5.97. The first-order valence-corrected chi connectivity index (χ1v) is 7.90. The maximum atomic E-state index is 6.00. The van der Waals surface area contributed by atoms with Crippen molar-refractivity contribution in [2.75, 3.05) is 7.11 Å². The number of benzene rings is 1. The van der Waals surface area contributed by atoms with Crippen molar-refractivity contribution in [1.29, 1.82) is 0 Å². The third-order valence-corrected chi connectivity index (χ3v) is 4.84. The van der Waals surface area contributed by atoms with Gasteiger partial charge in [-0.1, -0.05) is 11.6 Å². The molecule has 3 rings (SSSR count). The molecule has 0 saturated heterocycles. The van der Waals surface area contributed by atoms with E-state index in [-0.39, 0.29) is 0 Å². The van der Waals surface area contributed by atoms with Gasteiger partial charge in [0.15, 0.2) is 0 Å². The van der Waals surface area contributed by atoms with E-state index in [0.717, 1.165) is 28.6 Å². The van der Waals surface area contributed by atoms with Crippen molar-refractivity contribution in [2.24, 2.45) is 0 Å². The first kappa shape index (κ1) is 13.9. The highest BCUT2D eigenvalue weighted by molar-refractivity contribution is 7.15. The fraction of sp³-hybridized carbons (Fsp3) is 0.400. The number of rotatable bonds is 5. The minimum atomic E-state index is 0.675. The van der Waals surface area contributed by atoms with Gasteiger partial charge in [0.2, 0.25) is 0 Å². The fourth-order valence-corrected chi connectivity index (χ4v) is 3.28. The van der Waals surface area contributed by atoms with Gasteiger partial charge in [0, 0.05) is 22.5 Å². The lowest BCUT2D eigenvalue weighted by Gasteiger charge is -2.05. The van der Waals surface area contributed by atoms with Crippen LogP contribution in [0.3, 0.4) is 0 Å². The van der Waals surface area contributed by atoms with Crippen molar-refractivity contribution in [2.45, 2.75) is 32.4 Å². The second kappa shape index (κ2) is 5.72. The number of aryl methyl sites for hydroxylation is 1. The smallest absolute Gasteiger partial charge is 0.130 e. The van der Waals surface area contributed by atoms with E-state index >= 15 is 0 Å². The highest BCUT2D eigenvalue weighted by Gasteiger charge is 2.21. The minimum absolute atomic E-state index is 0.675. The lowest BCUT2D eigenvalue weighted by atomic mass is 10.2. The number of methoxy groups -OCH3 is 1. The molecule has 106 valence electrons. The Labute approximate surface area is 127 Å². The zero-order valence-electron chi connectivity index (χ0n) is 11.6. The van der Waals surface area contributed by atoms with E-state index in [9.17, 15) is 0 Å². The predicted molar refractivity (Wildman–Crippen MR) is 83.7 cm³/mol. The SMILES string of the molecule is COc1cc(Cl)ccc1-c1nc(C)c(CNC2CC2)s1. The Bertz CT molecular complexity index is 622. The second-order valence-electron chi connectivity index (χ2n) is 5.03. The summed E-state index contributed by atoms with van der Waals surface area (Å²) in [5, 5.41) is 5.20. The topological polar surface area (TPSA) is 34.1 Å². The van der Waals surface area contributed by atoms with Crippen molar-refractivity contribution in [1.82, 2.24) is 10.3 Å². The lowest BCUT2D eigenvalue weighted by Crippen LogP contribution is -2.14. The molecule has 2 aromatic rings. The van der Waals surface area contributed by atoms with E-state index in [1.807, 2.05) is 18.2 Å². The monoisotopic (exact) mass is 308 g/mol. The highest BCUT2D eigenvalue weighted by atomic mass is 35.5. The van der Waals surface area contributed by atoms with Crippen LogP contribution >= 0.6 is 22.9 Å². The van der Waals surface area contributed by atoms with Gasteiger partial charge >= 0.3 is 0 Å². The van der Waals surface area contributed by atoms with Crippen LogP contribution in [0.2, 0.25) is 5.02 Å². The van der Waals surface area contributed by atoms with Crippen LogP contribution in [-0.4, -0.2) is 18.1 Å². The molecule has 0 amide bonds. The first-order chi connectivity index (χ1) is 9.67. The van der Waals surface area contributed by atoms with Crippen LogP contribution in [0.5, 0.6) is 5.75 Å². The van der Waals surface area contributed by atoms with Crippen molar-refractivity contribution >= 4 is 22.9 Å². The third kappa shape index (κ3) is 2.97. The summed E-state index contributed by atoms with van der Waals surface area (Å²) in [6.45, 7) is 2.97. The summed E-state index contributed by atoms with van der Waals surface area (Å²) in [5.74, 6) is 0.771. The normalized spacial score (nSPS) is 14.6. The average Bonchev–Trinajstić information content (AvgIpc) is 3.19. The molecule has 0 radical (unpaired) electrons. The zero-order chi connectivity index (χ0) is 14.1. The van der Waals surface area contributed by atoms with Gasteiger partial charge in [0.05, 0.1) is 18.4 Å². The van der Waals surface area contributed by atoms with Gasteiger partial charge in [-0.2, -0.15) is 0 Å². The van der Waals surface area contributed by atoms with E-state index in [4.69, 9.17) is 16.3 Å². The number of ether oxygens (including phenoxy) is 1. The molecule has 1 N–H and O–H groups in total. The summed E-state index contributed by atoms with van der Waals surface area (Å²) in [5.41, 5.74) is 2.10. The maximum Gasteiger partial charge on any atom is 0.130 e. The van der Waals surface area contributed by atoms with Gasteiger partial charge in [-0.15, -0.1) is 11.3 Å². The summed E-state index contributed by atoms with van der Waals surface area (Å²) >= 11 is 7.73. The van der Waals surface area contributed by atoms with E-state index in [1.54, 1.807) is 18.4 Å². The second-order valence-corrected chi connectivity index (χ2v) is 6.55. The number of nitrogens with zero attached hydrogens (tertiary/aromatic N) is 1. The van der Waals surface area contributed by atoms with E-state index < -0.39 is 0 Å². The summed E-state index contributed by atoms with van der Waals surface area (Å²) < 4.78 is 5.40. The standard InChI is InChI=1S/C15H17ClN2OS/c1-9-14(8-17-11-4-5-11)20-15(18-9)12-6-3-10(16)7-13(12)19-2/h3,6-7,11,17H,4-5,8H2,1-2H3. The van der Waals surface area contributed by atoms with Crippen LogP contribution in [-0.2, 0) is 6.54 Å². The molecule has 1 heterocycles. The minimum Gasteiger partial charge on any atom is -0.496 e. The van der Waals surface area contributed by atoms with Gasteiger partial charge in [0.25, 0.3) is 0 Å². The Hall–Kier alpha value is -1.10. The van der Waals surface area contributed by atoms with Gasteiger partial charge in [0.1, 0.15) is 10.8 Å². The Morgan fingerprint density at radius 2 is 2.25 bits per heavy atom. The zero-order valence-corrected chi connectivity index (χ0v) is 13.1. The number of aromatic nitrogens is 1. The quantitative estimate of drug-likeness (QED) is 0.905. The number of halogens is 1. The van der Waals surface area contributed by atoms with Crippen molar-refractivity contribution in [3.05, 3.63) is 33.8 Å². The first-order valence-electron chi connectivity index (χ1n) is 6.71. The van der Waals surface area contributed by atoms with Crippen LogP contribution < -0.4 is 10.1 Å². The lowest BCUT2D eigenvalue weighted by molar-refractivity contribution is 0.416. The molecule has 0 bridgehead atoms. The summed E-state index contributed by atoms with van der Waals surface area (Å²) in [7, 11) is 1.66.